The van der Waals surface area contributed by atoms with E-state index in [0.29, 0.717) is 23.7 Å². The van der Waals surface area contributed by atoms with Crippen molar-refractivity contribution in [1.82, 2.24) is 4.57 Å². The second kappa shape index (κ2) is 10.4. The van der Waals surface area contributed by atoms with Gasteiger partial charge in [-0.2, -0.15) is 0 Å². The number of ether oxygens (including phenoxy) is 2. The predicted octanol–water partition coefficient (Wildman–Crippen LogP) is 5.14. The zero-order valence-electron chi connectivity index (χ0n) is 16.4. The molecule has 1 aromatic heterocycles. The smallest absolute Gasteiger partial charge is 0.338 e. The van der Waals surface area contributed by atoms with E-state index in [1.807, 2.05) is 48.7 Å². The number of methoxy groups -OCH3 is 1. The zero-order valence-corrected chi connectivity index (χ0v) is 18.0. The van der Waals surface area contributed by atoms with E-state index in [1.54, 1.807) is 19.2 Å². The third kappa shape index (κ3) is 6.03. The fraction of sp³-hybridized carbons (Fsp3) is 0.273. The largest absolute Gasteiger partial charge is 0.456 e. The highest BCUT2D eigenvalue weighted by atomic mass is 35.5. The molecule has 0 saturated heterocycles. The van der Waals surface area contributed by atoms with Crippen molar-refractivity contribution in [3.63, 3.8) is 0 Å². The van der Waals surface area contributed by atoms with Crippen LogP contribution in [0, 0.1) is 6.92 Å². The van der Waals surface area contributed by atoms with Crippen LogP contribution in [-0.4, -0.2) is 24.3 Å². The molecule has 3 aromatic rings. The molecule has 0 unspecified atom stereocenters. The van der Waals surface area contributed by atoms with Gasteiger partial charge < -0.3 is 14.0 Å². The molecule has 0 bridgehead atoms. The van der Waals surface area contributed by atoms with Gasteiger partial charge in [-0.3, -0.25) is 0 Å². The summed E-state index contributed by atoms with van der Waals surface area (Å²) in [5, 5.41) is 2.61. The number of hydrogen-bond acceptors (Lipinski definition) is 5. The summed E-state index contributed by atoms with van der Waals surface area (Å²) in [5.74, 6) is -0.340. The number of benzene rings is 2. The number of halogens is 1. The Morgan fingerprint density at radius 2 is 2.00 bits per heavy atom. The number of thiazole rings is 1. The van der Waals surface area contributed by atoms with Gasteiger partial charge in [-0.25, -0.2) is 9.79 Å². The molecule has 152 valence electrons. The number of nitrogens with zero attached hydrogens (tertiary/aromatic N) is 2. The van der Waals surface area contributed by atoms with Gasteiger partial charge >= 0.3 is 5.97 Å². The Morgan fingerprint density at radius 1 is 1.21 bits per heavy atom. The Kier molecular flexibility index (Phi) is 7.63. The van der Waals surface area contributed by atoms with E-state index >= 15 is 0 Å². The molecule has 0 atom stereocenters. The van der Waals surface area contributed by atoms with Crippen molar-refractivity contribution in [1.29, 1.82) is 0 Å². The lowest BCUT2D eigenvalue weighted by molar-refractivity contribution is 0.0462. The first kappa shape index (κ1) is 21.3. The highest BCUT2D eigenvalue weighted by molar-refractivity contribution is 7.07. The molecule has 2 aromatic carbocycles. The van der Waals surface area contributed by atoms with Crippen LogP contribution in [0.5, 0.6) is 0 Å². The molecule has 0 radical (unpaired) electrons. The number of rotatable bonds is 8. The normalized spacial score (nSPS) is 11.6. The monoisotopic (exact) mass is 430 g/mol. The second-order valence-corrected chi connectivity index (χ2v) is 7.81. The Balaban J connectivity index is 1.81. The maximum absolute atomic E-state index is 12.4. The number of aromatic nitrogens is 1. The van der Waals surface area contributed by atoms with Crippen molar-refractivity contribution < 1.29 is 14.3 Å². The summed E-state index contributed by atoms with van der Waals surface area (Å²) >= 11 is 7.58. The Hall–Kier alpha value is -2.41. The van der Waals surface area contributed by atoms with Crippen molar-refractivity contribution in [2.75, 3.05) is 13.7 Å². The molecule has 1 heterocycles. The van der Waals surface area contributed by atoms with Crippen LogP contribution in [0.15, 0.2) is 58.9 Å². The van der Waals surface area contributed by atoms with Crippen LogP contribution in [0.2, 0.25) is 5.02 Å². The third-order valence-electron chi connectivity index (χ3n) is 4.28. The molecule has 0 N–H and O–H groups in total. The summed E-state index contributed by atoms with van der Waals surface area (Å²) < 4.78 is 12.8. The van der Waals surface area contributed by atoms with Crippen LogP contribution in [-0.2, 0) is 22.6 Å². The number of carbonyl (C=O) groups is 1. The fourth-order valence-electron chi connectivity index (χ4n) is 2.74. The highest BCUT2D eigenvalue weighted by Gasteiger charge is 2.11. The number of carbonyl (C=O) groups excluding carboxylic acids is 1. The Morgan fingerprint density at radius 3 is 2.72 bits per heavy atom. The van der Waals surface area contributed by atoms with Crippen molar-refractivity contribution in [2.24, 2.45) is 4.99 Å². The lowest BCUT2D eigenvalue weighted by atomic mass is 10.1. The van der Waals surface area contributed by atoms with E-state index < -0.39 is 0 Å². The van der Waals surface area contributed by atoms with Crippen molar-refractivity contribution in [3.05, 3.63) is 80.6 Å². The lowest BCUT2D eigenvalue weighted by Crippen LogP contribution is -2.19. The van der Waals surface area contributed by atoms with Crippen LogP contribution in [0.1, 0.15) is 28.0 Å². The van der Waals surface area contributed by atoms with Gasteiger partial charge in [-0.05, 0) is 43.7 Å². The predicted molar refractivity (Wildman–Crippen MR) is 116 cm³/mol. The standard InChI is InChI=1S/C22H23ClN2O3S/c1-16-7-9-17(10-8-16)21(26)28-14-20-15-29-22(25(20)11-4-12-27-2)24-19-6-3-5-18(23)13-19/h3,5-10,13,15H,4,11-12,14H2,1-2H3. The van der Waals surface area contributed by atoms with Gasteiger partial charge in [0.05, 0.1) is 16.9 Å². The molecule has 0 saturated carbocycles. The molecular formula is C22H23ClN2O3S. The average Bonchev–Trinajstić information content (AvgIpc) is 3.08. The highest BCUT2D eigenvalue weighted by Crippen LogP contribution is 2.18. The second-order valence-electron chi connectivity index (χ2n) is 6.54. The first-order valence-corrected chi connectivity index (χ1v) is 10.5. The van der Waals surface area contributed by atoms with Gasteiger partial charge in [0.15, 0.2) is 4.80 Å². The number of aryl methyl sites for hydroxylation is 1. The quantitative estimate of drug-likeness (QED) is 0.367. The minimum Gasteiger partial charge on any atom is -0.456 e. The molecule has 0 spiro atoms. The molecule has 0 aliphatic rings. The van der Waals surface area contributed by atoms with E-state index in [4.69, 9.17) is 26.1 Å². The summed E-state index contributed by atoms with van der Waals surface area (Å²) in [4.78, 5) is 17.9. The van der Waals surface area contributed by atoms with Gasteiger partial charge in [-0.15, -0.1) is 11.3 Å². The van der Waals surface area contributed by atoms with Crippen molar-refractivity contribution in [3.8, 4) is 0 Å². The van der Waals surface area contributed by atoms with Gasteiger partial charge in [-0.1, -0.05) is 35.4 Å². The van der Waals surface area contributed by atoms with Gasteiger partial charge in [0, 0.05) is 30.7 Å². The Labute approximate surface area is 179 Å². The molecule has 5 nitrogen and oxygen atoms in total. The maximum Gasteiger partial charge on any atom is 0.338 e. The van der Waals surface area contributed by atoms with E-state index in [0.717, 1.165) is 28.2 Å². The van der Waals surface area contributed by atoms with Crippen LogP contribution >= 0.6 is 22.9 Å². The van der Waals surface area contributed by atoms with Gasteiger partial charge in [0.25, 0.3) is 0 Å². The minimum absolute atomic E-state index is 0.182. The van der Waals surface area contributed by atoms with Crippen LogP contribution in [0.25, 0.3) is 0 Å². The zero-order chi connectivity index (χ0) is 20.6. The van der Waals surface area contributed by atoms with Crippen LogP contribution < -0.4 is 4.80 Å². The van der Waals surface area contributed by atoms with Crippen molar-refractivity contribution >= 4 is 34.6 Å². The van der Waals surface area contributed by atoms with Crippen LogP contribution in [0.4, 0.5) is 5.69 Å². The molecule has 7 heteroatoms. The lowest BCUT2D eigenvalue weighted by Gasteiger charge is -2.10. The molecule has 0 fully saturated rings. The molecule has 0 amide bonds. The average molecular weight is 431 g/mol. The van der Waals surface area contributed by atoms with E-state index in [9.17, 15) is 4.79 Å². The number of esters is 1. The summed E-state index contributed by atoms with van der Waals surface area (Å²) in [6.45, 7) is 3.52. The van der Waals surface area contributed by atoms with E-state index in [1.165, 1.54) is 11.3 Å². The van der Waals surface area contributed by atoms with Crippen LogP contribution in [0.3, 0.4) is 0 Å². The number of hydrogen-bond donors (Lipinski definition) is 0. The van der Waals surface area contributed by atoms with Gasteiger partial charge in [0.1, 0.15) is 6.61 Å². The minimum atomic E-state index is -0.340. The first-order chi connectivity index (χ1) is 14.1. The van der Waals surface area contributed by atoms with E-state index in [-0.39, 0.29) is 12.6 Å². The topological polar surface area (TPSA) is 52.8 Å². The third-order valence-corrected chi connectivity index (χ3v) is 5.43. The van der Waals surface area contributed by atoms with E-state index in [2.05, 4.69) is 4.57 Å². The molecule has 3 rings (SSSR count). The summed E-state index contributed by atoms with van der Waals surface area (Å²) in [5.41, 5.74) is 3.32. The van der Waals surface area contributed by atoms with Gasteiger partial charge in [0.2, 0.25) is 0 Å². The summed E-state index contributed by atoms with van der Waals surface area (Å²) in [6.07, 6.45) is 0.828. The molecule has 0 aliphatic carbocycles. The summed E-state index contributed by atoms with van der Waals surface area (Å²) in [6, 6.07) is 14.8. The molecule has 29 heavy (non-hydrogen) atoms. The summed E-state index contributed by atoms with van der Waals surface area (Å²) in [7, 11) is 1.68. The molecule has 0 aliphatic heterocycles. The maximum atomic E-state index is 12.4. The fourth-order valence-corrected chi connectivity index (χ4v) is 3.86. The SMILES string of the molecule is COCCCn1c(COC(=O)c2ccc(C)cc2)csc1=Nc1cccc(Cl)c1. The van der Waals surface area contributed by atoms with Crippen molar-refractivity contribution in [2.45, 2.75) is 26.5 Å². The first-order valence-electron chi connectivity index (χ1n) is 9.27. The Bertz CT molecular complexity index is 1030. The molecular weight excluding hydrogens is 408 g/mol.